The van der Waals surface area contributed by atoms with Crippen molar-refractivity contribution in [3.63, 3.8) is 0 Å². The minimum atomic E-state index is -1.13. The van der Waals surface area contributed by atoms with Crippen LogP contribution in [0.15, 0.2) is 58.0 Å². The molecule has 2 aromatic carbocycles. The molecule has 1 fully saturated rings. The number of fused-ring (bicyclic) bond motifs is 1. The zero-order valence-corrected chi connectivity index (χ0v) is 24.0. The number of hydrogen-bond acceptors (Lipinski definition) is 5. The molecule has 3 heterocycles. The average molecular weight is 556 g/mol. The molecule has 5 aromatic rings. The van der Waals surface area contributed by atoms with Gasteiger partial charge < -0.3 is 23.8 Å². The SMILES string of the molecule is Cc1cc(F)cc(C)c1Oc1ccc(C(C)(C)O)cc1-c1cn(C)c(=O)c2cc(-c3cnc(C4CCCC4)[nH]3)oc12. The van der Waals surface area contributed by atoms with E-state index in [1.54, 1.807) is 65.3 Å². The number of furan rings is 1. The molecule has 0 spiro atoms. The lowest BCUT2D eigenvalue weighted by Crippen LogP contribution is -2.17. The van der Waals surface area contributed by atoms with Crippen molar-refractivity contribution in [2.24, 2.45) is 7.05 Å². The lowest BCUT2D eigenvalue weighted by molar-refractivity contribution is 0.0786. The van der Waals surface area contributed by atoms with Gasteiger partial charge in [-0.2, -0.15) is 0 Å². The van der Waals surface area contributed by atoms with Crippen molar-refractivity contribution in [1.29, 1.82) is 0 Å². The van der Waals surface area contributed by atoms with Crippen LogP contribution in [0.2, 0.25) is 0 Å². The lowest BCUT2D eigenvalue weighted by atomic mass is 9.93. The molecule has 0 saturated heterocycles. The minimum Gasteiger partial charge on any atom is -0.456 e. The summed E-state index contributed by atoms with van der Waals surface area (Å²) in [5, 5.41) is 11.3. The van der Waals surface area contributed by atoms with Gasteiger partial charge >= 0.3 is 0 Å². The van der Waals surface area contributed by atoms with Gasteiger partial charge in [-0.1, -0.05) is 18.9 Å². The Morgan fingerprint density at radius 1 is 1.10 bits per heavy atom. The lowest BCUT2D eigenvalue weighted by Gasteiger charge is -2.21. The van der Waals surface area contributed by atoms with E-state index in [9.17, 15) is 14.3 Å². The molecule has 3 aromatic heterocycles. The van der Waals surface area contributed by atoms with E-state index >= 15 is 0 Å². The van der Waals surface area contributed by atoms with E-state index < -0.39 is 5.60 Å². The number of aryl methyl sites for hydroxylation is 3. The highest BCUT2D eigenvalue weighted by atomic mass is 19.1. The Bertz CT molecular complexity index is 1810. The molecular weight excluding hydrogens is 521 g/mol. The fourth-order valence-corrected chi connectivity index (χ4v) is 5.82. The molecule has 1 saturated carbocycles. The summed E-state index contributed by atoms with van der Waals surface area (Å²) in [4.78, 5) is 21.3. The number of benzene rings is 2. The quantitative estimate of drug-likeness (QED) is 0.225. The van der Waals surface area contributed by atoms with Gasteiger partial charge in [0, 0.05) is 30.3 Å². The van der Waals surface area contributed by atoms with Gasteiger partial charge in [-0.3, -0.25) is 4.79 Å². The van der Waals surface area contributed by atoms with Crippen molar-refractivity contribution >= 4 is 11.0 Å². The molecule has 0 bridgehead atoms. The number of imidazole rings is 1. The molecule has 1 aliphatic rings. The highest BCUT2D eigenvalue weighted by Crippen LogP contribution is 2.42. The van der Waals surface area contributed by atoms with Gasteiger partial charge in [0.25, 0.3) is 5.56 Å². The third-order valence-electron chi connectivity index (χ3n) is 8.07. The number of nitrogens with zero attached hydrogens (tertiary/aromatic N) is 2. The number of aromatic amines is 1. The molecule has 0 atom stereocenters. The van der Waals surface area contributed by atoms with Crippen LogP contribution in [0.1, 0.15) is 68.0 Å². The van der Waals surface area contributed by atoms with E-state index in [0.29, 0.717) is 62.0 Å². The van der Waals surface area contributed by atoms with E-state index in [1.165, 1.54) is 29.5 Å². The van der Waals surface area contributed by atoms with Gasteiger partial charge in [0.1, 0.15) is 34.4 Å². The highest BCUT2D eigenvalue weighted by molar-refractivity contribution is 5.95. The van der Waals surface area contributed by atoms with Crippen LogP contribution in [0.5, 0.6) is 11.5 Å². The molecule has 0 unspecified atom stereocenters. The van der Waals surface area contributed by atoms with Crippen molar-refractivity contribution in [3.05, 3.63) is 87.5 Å². The van der Waals surface area contributed by atoms with Crippen LogP contribution in [0.4, 0.5) is 4.39 Å². The highest BCUT2D eigenvalue weighted by Gasteiger charge is 2.25. The summed E-state index contributed by atoms with van der Waals surface area (Å²) in [5.74, 6) is 2.58. The number of aliphatic hydroxyl groups is 1. The smallest absolute Gasteiger partial charge is 0.261 e. The number of rotatable bonds is 6. The Hall–Kier alpha value is -4.17. The summed E-state index contributed by atoms with van der Waals surface area (Å²) in [6.45, 7) is 7.01. The second-order valence-corrected chi connectivity index (χ2v) is 11.7. The maximum atomic E-state index is 14.0. The Balaban J connectivity index is 1.53. The van der Waals surface area contributed by atoms with Gasteiger partial charge in [0.2, 0.25) is 0 Å². The fourth-order valence-electron chi connectivity index (χ4n) is 5.82. The van der Waals surface area contributed by atoms with Gasteiger partial charge in [-0.25, -0.2) is 9.37 Å². The normalized spacial score (nSPS) is 14.3. The van der Waals surface area contributed by atoms with Crippen molar-refractivity contribution < 1.29 is 18.7 Å². The molecule has 8 heteroatoms. The standard InChI is InChI=1S/C33H34FN3O4/c1-18-12-22(34)13-19(2)29(18)40-27-11-10-21(33(3,4)39)14-23(27)25-17-37(5)32(38)24-15-28(41-30(24)25)26-16-35-31(36-26)20-8-6-7-9-20/h10-17,20,39H,6-9H2,1-5H3,(H,35,36). The van der Waals surface area contributed by atoms with E-state index in [-0.39, 0.29) is 11.4 Å². The predicted molar refractivity (Wildman–Crippen MR) is 157 cm³/mol. The topological polar surface area (TPSA) is 93.3 Å². The molecule has 6 rings (SSSR count). The summed E-state index contributed by atoms with van der Waals surface area (Å²) >= 11 is 0. The number of halogens is 1. The Morgan fingerprint density at radius 3 is 2.49 bits per heavy atom. The molecule has 0 radical (unpaired) electrons. The molecule has 2 N–H and O–H groups in total. The third-order valence-corrected chi connectivity index (χ3v) is 8.07. The maximum absolute atomic E-state index is 14.0. The second-order valence-electron chi connectivity index (χ2n) is 11.7. The summed E-state index contributed by atoms with van der Waals surface area (Å²) in [6, 6.07) is 10.0. The van der Waals surface area contributed by atoms with E-state index in [4.69, 9.17) is 9.15 Å². The zero-order valence-electron chi connectivity index (χ0n) is 24.0. The summed E-state index contributed by atoms with van der Waals surface area (Å²) < 4.78 is 28.4. The Kier molecular flexibility index (Phi) is 6.61. The van der Waals surface area contributed by atoms with Gasteiger partial charge in [0.15, 0.2) is 5.76 Å². The number of ether oxygens (including phenoxy) is 1. The van der Waals surface area contributed by atoms with Gasteiger partial charge in [-0.15, -0.1) is 0 Å². The Morgan fingerprint density at radius 2 is 1.80 bits per heavy atom. The van der Waals surface area contributed by atoms with Crippen molar-refractivity contribution in [1.82, 2.24) is 14.5 Å². The first-order chi connectivity index (χ1) is 19.5. The van der Waals surface area contributed by atoms with Crippen LogP contribution in [0.25, 0.3) is 33.6 Å². The molecule has 212 valence electrons. The second kappa shape index (κ2) is 10.0. The van der Waals surface area contributed by atoms with E-state index in [0.717, 1.165) is 24.4 Å². The van der Waals surface area contributed by atoms with Crippen molar-refractivity contribution in [2.45, 2.75) is 64.9 Å². The number of hydrogen-bond donors (Lipinski definition) is 2. The monoisotopic (exact) mass is 555 g/mol. The largest absolute Gasteiger partial charge is 0.456 e. The number of aromatic nitrogens is 3. The number of H-pyrrole nitrogens is 1. The van der Waals surface area contributed by atoms with Crippen molar-refractivity contribution in [3.8, 4) is 34.1 Å². The van der Waals surface area contributed by atoms with Crippen LogP contribution in [-0.4, -0.2) is 19.6 Å². The van der Waals surface area contributed by atoms with Crippen LogP contribution in [0, 0.1) is 19.7 Å². The fraction of sp³-hybridized carbons (Fsp3) is 0.333. The van der Waals surface area contributed by atoms with Gasteiger partial charge in [0.05, 0.1) is 17.2 Å². The number of nitrogens with one attached hydrogen (secondary N) is 1. The summed E-state index contributed by atoms with van der Waals surface area (Å²) in [6.07, 6.45) is 8.12. The molecule has 0 amide bonds. The van der Waals surface area contributed by atoms with Crippen LogP contribution < -0.4 is 10.3 Å². The summed E-state index contributed by atoms with van der Waals surface area (Å²) in [5.41, 5.74) is 3.03. The molecular formula is C33H34FN3O4. The molecule has 7 nitrogen and oxygen atoms in total. The first-order valence-corrected chi connectivity index (χ1v) is 14.0. The molecule has 0 aliphatic heterocycles. The number of pyridine rings is 1. The molecule has 41 heavy (non-hydrogen) atoms. The van der Waals surface area contributed by atoms with Crippen LogP contribution >= 0.6 is 0 Å². The zero-order chi connectivity index (χ0) is 29.1. The molecule has 1 aliphatic carbocycles. The van der Waals surface area contributed by atoms with Crippen LogP contribution in [0.3, 0.4) is 0 Å². The summed E-state index contributed by atoms with van der Waals surface area (Å²) in [7, 11) is 1.70. The maximum Gasteiger partial charge on any atom is 0.261 e. The first-order valence-electron chi connectivity index (χ1n) is 14.0. The van der Waals surface area contributed by atoms with E-state index in [1.807, 2.05) is 6.07 Å². The van der Waals surface area contributed by atoms with Gasteiger partial charge in [-0.05, 0) is 87.6 Å². The predicted octanol–water partition coefficient (Wildman–Crippen LogP) is 7.62. The first kappa shape index (κ1) is 27.0. The Labute approximate surface area is 237 Å². The minimum absolute atomic E-state index is 0.194. The van der Waals surface area contributed by atoms with E-state index in [2.05, 4.69) is 9.97 Å². The van der Waals surface area contributed by atoms with Crippen LogP contribution in [-0.2, 0) is 12.6 Å². The average Bonchev–Trinajstić information content (AvgIpc) is 3.68. The van der Waals surface area contributed by atoms with Crippen molar-refractivity contribution in [2.75, 3.05) is 0 Å². The third kappa shape index (κ3) is 4.97.